The number of carbonyl (C=O) groups excluding carboxylic acids is 1. The molecule has 0 saturated carbocycles. The van der Waals surface area contributed by atoms with Gasteiger partial charge in [-0.15, -0.1) is 6.58 Å². The number of nitrogens with zero attached hydrogens (tertiary/aromatic N) is 2. The van der Waals surface area contributed by atoms with Crippen LogP contribution < -0.4 is 5.32 Å². The molecule has 0 aliphatic rings. The van der Waals surface area contributed by atoms with E-state index in [0.717, 1.165) is 11.3 Å². The van der Waals surface area contributed by atoms with Crippen LogP contribution in [0.4, 0.5) is 5.69 Å². The van der Waals surface area contributed by atoms with E-state index < -0.39 is 0 Å². The number of anilines is 1. The number of pyridine rings is 2. The first kappa shape index (κ1) is 13.0. The Bertz CT molecular complexity index is 581. The van der Waals surface area contributed by atoms with Crippen LogP contribution in [0.1, 0.15) is 6.92 Å². The van der Waals surface area contributed by atoms with Crippen LogP contribution in [0, 0.1) is 5.92 Å². The molecule has 96 valence electrons. The number of carbonyl (C=O) groups is 1. The van der Waals surface area contributed by atoms with E-state index in [2.05, 4.69) is 21.9 Å². The molecule has 19 heavy (non-hydrogen) atoms. The van der Waals surface area contributed by atoms with Crippen LogP contribution in [-0.2, 0) is 4.79 Å². The molecule has 0 radical (unpaired) electrons. The summed E-state index contributed by atoms with van der Waals surface area (Å²) < 4.78 is 0. The van der Waals surface area contributed by atoms with Crippen LogP contribution in [0.25, 0.3) is 11.3 Å². The second-order valence-electron chi connectivity index (χ2n) is 4.15. The van der Waals surface area contributed by atoms with Gasteiger partial charge in [0.2, 0.25) is 5.91 Å². The Morgan fingerprint density at radius 3 is 2.74 bits per heavy atom. The van der Waals surface area contributed by atoms with Crippen molar-refractivity contribution in [1.82, 2.24) is 9.97 Å². The van der Waals surface area contributed by atoms with Crippen molar-refractivity contribution in [2.75, 3.05) is 5.32 Å². The molecule has 2 aromatic rings. The summed E-state index contributed by atoms with van der Waals surface area (Å²) in [6.07, 6.45) is 6.70. The number of hydrogen-bond acceptors (Lipinski definition) is 3. The smallest absolute Gasteiger partial charge is 0.231 e. The van der Waals surface area contributed by atoms with Gasteiger partial charge >= 0.3 is 0 Å². The predicted octanol–water partition coefficient (Wildman–Crippen LogP) is 2.90. The Hall–Kier alpha value is -2.49. The normalized spacial score (nSPS) is 11.6. The van der Waals surface area contributed by atoms with Crippen molar-refractivity contribution in [1.29, 1.82) is 0 Å². The van der Waals surface area contributed by atoms with E-state index in [1.165, 1.54) is 0 Å². The van der Waals surface area contributed by atoms with E-state index in [-0.39, 0.29) is 11.8 Å². The molecule has 0 aliphatic heterocycles. The third kappa shape index (κ3) is 3.04. The van der Waals surface area contributed by atoms with Gasteiger partial charge in [-0.25, -0.2) is 0 Å². The molecule has 1 N–H and O–H groups in total. The summed E-state index contributed by atoms with van der Waals surface area (Å²) in [5, 5.41) is 2.87. The summed E-state index contributed by atoms with van der Waals surface area (Å²) in [5.41, 5.74) is 2.33. The van der Waals surface area contributed by atoms with Crippen molar-refractivity contribution in [2.24, 2.45) is 5.92 Å². The van der Waals surface area contributed by atoms with Gasteiger partial charge in [0.25, 0.3) is 0 Å². The van der Waals surface area contributed by atoms with Crippen LogP contribution >= 0.6 is 0 Å². The highest BCUT2D eigenvalue weighted by Crippen LogP contribution is 2.25. The molecule has 4 nitrogen and oxygen atoms in total. The van der Waals surface area contributed by atoms with E-state index in [1.54, 1.807) is 37.7 Å². The lowest BCUT2D eigenvalue weighted by molar-refractivity contribution is -0.118. The van der Waals surface area contributed by atoms with E-state index in [9.17, 15) is 4.79 Å². The standard InChI is InChI=1S/C15H15N3O/c1-3-11(2)15(19)18-13-5-4-8-17-14(13)12-6-9-16-10-7-12/h3-11H,1H2,2H3,(H,18,19)/t11-/m1/s1. The second-order valence-corrected chi connectivity index (χ2v) is 4.15. The highest BCUT2D eigenvalue weighted by molar-refractivity contribution is 5.96. The lowest BCUT2D eigenvalue weighted by atomic mass is 10.1. The van der Waals surface area contributed by atoms with E-state index >= 15 is 0 Å². The summed E-state index contributed by atoms with van der Waals surface area (Å²) in [4.78, 5) is 20.2. The fourth-order valence-corrected chi connectivity index (χ4v) is 1.60. The molecule has 2 aromatic heterocycles. The molecule has 2 heterocycles. The quantitative estimate of drug-likeness (QED) is 0.852. The van der Waals surface area contributed by atoms with Crippen LogP contribution in [0.2, 0.25) is 0 Å². The molecular weight excluding hydrogens is 238 g/mol. The van der Waals surface area contributed by atoms with Gasteiger partial charge in [-0.2, -0.15) is 0 Å². The highest BCUT2D eigenvalue weighted by Gasteiger charge is 2.12. The van der Waals surface area contributed by atoms with Crippen LogP contribution in [0.5, 0.6) is 0 Å². The minimum atomic E-state index is -0.245. The maximum atomic E-state index is 11.9. The molecule has 0 aliphatic carbocycles. The molecule has 4 heteroatoms. The van der Waals surface area contributed by atoms with Gasteiger partial charge in [0.15, 0.2) is 0 Å². The summed E-state index contributed by atoms with van der Waals surface area (Å²) in [6.45, 7) is 5.42. The van der Waals surface area contributed by atoms with Crippen molar-refractivity contribution in [3.05, 3.63) is 55.5 Å². The minimum absolute atomic E-state index is 0.0988. The van der Waals surface area contributed by atoms with Gasteiger partial charge in [0, 0.05) is 24.2 Å². The number of rotatable bonds is 4. The fraction of sp³-hybridized carbons (Fsp3) is 0.133. The Morgan fingerprint density at radius 1 is 1.32 bits per heavy atom. The first-order chi connectivity index (χ1) is 9.22. The SMILES string of the molecule is C=C[C@@H](C)C(=O)Nc1cccnc1-c1ccncc1. The summed E-state index contributed by atoms with van der Waals surface area (Å²) >= 11 is 0. The van der Waals surface area contributed by atoms with E-state index in [0.29, 0.717) is 5.69 Å². The molecular formula is C15H15N3O. The average molecular weight is 253 g/mol. The third-order valence-electron chi connectivity index (χ3n) is 2.79. The van der Waals surface area contributed by atoms with Crippen LogP contribution in [0.3, 0.4) is 0 Å². The summed E-state index contributed by atoms with van der Waals surface area (Å²) in [5.74, 6) is -0.344. The molecule has 0 spiro atoms. The molecule has 0 fully saturated rings. The van der Waals surface area contributed by atoms with Crippen molar-refractivity contribution >= 4 is 11.6 Å². The van der Waals surface area contributed by atoms with Gasteiger partial charge in [-0.3, -0.25) is 14.8 Å². The maximum absolute atomic E-state index is 11.9. The lowest BCUT2D eigenvalue weighted by Gasteiger charge is -2.12. The largest absolute Gasteiger partial charge is 0.324 e. The summed E-state index contributed by atoms with van der Waals surface area (Å²) in [7, 11) is 0. The van der Waals surface area contributed by atoms with Crippen LogP contribution in [-0.4, -0.2) is 15.9 Å². The van der Waals surface area contributed by atoms with E-state index in [4.69, 9.17) is 0 Å². The molecule has 0 unspecified atom stereocenters. The van der Waals surface area contributed by atoms with Crippen LogP contribution in [0.15, 0.2) is 55.5 Å². The van der Waals surface area contributed by atoms with Crippen molar-refractivity contribution in [3.63, 3.8) is 0 Å². The van der Waals surface area contributed by atoms with Crippen molar-refractivity contribution in [3.8, 4) is 11.3 Å². The number of hydrogen-bond donors (Lipinski definition) is 1. The summed E-state index contributed by atoms with van der Waals surface area (Å²) in [6, 6.07) is 7.33. The van der Waals surface area contributed by atoms with Gasteiger partial charge < -0.3 is 5.32 Å². The zero-order chi connectivity index (χ0) is 13.7. The first-order valence-electron chi connectivity index (χ1n) is 6.01. The second kappa shape index (κ2) is 5.91. The predicted molar refractivity (Wildman–Crippen MR) is 75.5 cm³/mol. The Kier molecular flexibility index (Phi) is 4.03. The van der Waals surface area contributed by atoms with Gasteiger partial charge in [-0.1, -0.05) is 13.0 Å². The molecule has 2 rings (SSSR count). The molecule has 0 saturated heterocycles. The zero-order valence-corrected chi connectivity index (χ0v) is 10.7. The van der Waals surface area contributed by atoms with Gasteiger partial charge in [0.1, 0.15) is 0 Å². The lowest BCUT2D eigenvalue weighted by Crippen LogP contribution is -2.19. The molecule has 1 amide bonds. The van der Waals surface area contributed by atoms with Crippen molar-refractivity contribution < 1.29 is 4.79 Å². The molecule has 0 bridgehead atoms. The zero-order valence-electron chi connectivity index (χ0n) is 10.7. The molecule has 0 aromatic carbocycles. The first-order valence-corrected chi connectivity index (χ1v) is 6.01. The Balaban J connectivity index is 2.32. The maximum Gasteiger partial charge on any atom is 0.231 e. The number of amides is 1. The highest BCUT2D eigenvalue weighted by atomic mass is 16.1. The topological polar surface area (TPSA) is 54.9 Å². The van der Waals surface area contributed by atoms with E-state index in [1.807, 2.05) is 18.2 Å². The van der Waals surface area contributed by atoms with Gasteiger partial charge in [-0.05, 0) is 24.3 Å². The van der Waals surface area contributed by atoms with Gasteiger partial charge in [0.05, 0.1) is 17.3 Å². The number of nitrogens with one attached hydrogen (secondary N) is 1. The van der Waals surface area contributed by atoms with Crippen molar-refractivity contribution in [2.45, 2.75) is 6.92 Å². The monoisotopic (exact) mass is 253 g/mol. The average Bonchev–Trinajstić information content (AvgIpc) is 2.47. The molecule has 1 atom stereocenters. The Morgan fingerprint density at radius 2 is 2.05 bits per heavy atom. The number of aromatic nitrogens is 2. The third-order valence-corrected chi connectivity index (χ3v) is 2.79. The Labute approximate surface area is 112 Å². The minimum Gasteiger partial charge on any atom is -0.324 e. The fourth-order valence-electron chi connectivity index (χ4n) is 1.60.